The number of carbonyl (C=O) groups is 1. The van der Waals surface area contributed by atoms with E-state index in [-0.39, 0.29) is 23.7 Å². The van der Waals surface area contributed by atoms with Gasteiger partial charge in [-0.2, -0.15) is 11.8 Å². The quantitative estimate of drug-likeness (QED) is 0.765. The van der Waals surface area contributed by atoms with Crippen LogP contribution in [0.3, 0.4) is 0 Å². The topological polar surface area (TPSA) is 55.1 Å². The maximum atomic E-state index is 12.4. The summed E-state index contributed by atoms with van der Waals surface area (Å²) in [6.45, 7) is 2.89. The number of carbonyl (C=O) groups excluding carboxylic acids is 1. The van der Waals surface area contributed by atoms with Crippen molar-refractivity contribution in [2.45, 2.75) is 82.4 Å². The largest absolute Gasteiger partial charge is 0.353 e. The highest BCUT2D eigenvalue weighted by Gasteiger charge is 2.34. The molecule has 2 unspecified atom stereocenters. The summed E-state index contributed by atoms with van der Waals surface area (Å²) in [7, 11) is 0. The van der Waals surface area contributed by atoms with Gasteiger partial charge in [-0.25, -0.2) is 0 Å². The Labute approximate surface area is 146 Å². The molecule has 0 saturated heterocycles. The second-order valence-electron chi connectivity index (χ2n) is 6.95. The molecule has 0 bridgehead atoms. The molecule has 0 heterocycles. The molecular formula is C17H33ClN2OS. The molecular weight excluding hydrogens is 316 g/mol. The maximum Gasteiger partial charge on any atom is 0.220 e. The zero-order valence-corrected chi connectivity index (χ0v) is 15.6. The van der Waals surface area contributed by atoms with E-state index in [0.29, 0.717) is 19.0 Å². The molecule has 3 N–H and O–H groups in total. The van der Waals surface area contributed by atoms with Crippen LogP contribution in [-0.4, -0.2) is 29.5 Å². The van der Waals surface area contributed by atoms with Crippen LogP contribution in [0.1, 0.15) is 71.1 Å². The van der Waals surface area contributed by atoms with E-state index in [1.807, 2.05) is 0 Å². The van der Waals surface area contributed by atoms with E-state index in [1.165, 1.54) is 37.9 Å². The second kappa shape index (κ2) is 10.0. The van der Waals surface area contributed by atoms with Crippen molar-refractivity contribution in [1.29, 1.82) is 0 Å². The fraction of sp³-hybridized carbons (Fsp3) is 0.941. The summed E-state index contributed by atoms with van der Waals surface area (Å²) >= 11 is 2.05. The van der Waals surface area contributed by atoms with Crippen molar-refractivity contribution in [3.05, 3.63) is 0 Å². The molecule has 5 heteroatoms. The first-order valence-electron chi connectivity index (χ1n) is 8.78. The Balaban J connectivity index is 0.00000242. The first-order chi connectivity index (χ1) is 10.2. The number of hydrogen-bond acceptors (Lipinski definition) is 3. The molecule has 0 aromatic carbocycles. The van der Waals surface area contributed by atoms with Crippen molar-refractivity contribution in [1.82, 2.24) is 5.32 Å². The Morgan fingerprint density at radius 1 is 1.23 bits per heavy atom. The Morgan fingerprint density at radius 3 is 2.59 bits per heavy atom. The summed E-state index contributed by atoms with van der Waals surface area (Å²) in [5, 5.41) is 4.05. The number of amides is 1. The van der Waals surface area contributed by atoms with E-state index in [4.69, 9.17) is 5.73 Å². The minimum absolute atomic E-state index is 0. The number of nitrogens with two attached hydrogens (primary N) is 1. The van der Waals surface area contributed by atoms with Crippen molar-refractivity contribution in [2.75, 3.05) is 12.3 Å². The van der Waals surface area contributed by atoms with Crippen LogP contribution in [0.5, 0.6) is 0 Å². The summed E-state index contributed by atoms with van der Waals surface area (Å²) in [5.41, 5.74) is 6.09. The van der Waals surface area contributed by atoms with Gasteiger partial charge in [0.05, 0.1) is 0 Å². The lowest BCUT2D eigenvalue weighted by Crippen LogP contribution is -2.43. The standard InChI is InChI=1S/C17H32N2OS.ClH/c1-2-21-15-8-6-7-14(11-15)19-16(20)12-17(13-18)9-4-3-5-10-17;/h14-15H,2-13,18H2,1H3,(H,19,20);1H. The fourth-order valence-electron chi connectivity index (χ4n) is 4.04. The Bertz CT molecular complexity index is 333. The summed E-state index contributed by atoms with van der Waals surface area (Å²) in [6.07, 6.45) is 11.6. The zero-order valence-electron chi connectivity index (χ0n) is 13.9. The minimum atomic E-state index is 0. The molecule has 3 nitrogen and oxygen atoms in total. The van der Waals surface area contributed by atoms with Crippen LogP contribution in [0.25, 0.3) is 0 Å². The molecule has 22 heavy (non-hydrogen) atoms. The molecule has 2 aliphatic carbocycles. The van der Waals surface area contributed by atoms with Gasteiger partial charge in [0.25, 0.3) is 0 Å². The number of nitrogens with one attached hydrogen (secondary N) is 1. The molecule has 2 aliphatic rings. The van der Waals surface area contributed by atoms with Crippen LogP contribution in [0, 0.1) is 5.41 Å². The lowest BCUT2D eigenvalue weighted by atomic mass is 9.71. The molecule has 2 atom stereocenters. The van der Waals surface area contributed by atoms with Gasteiger partial charge in [0.1, 0.15) is 0 Å². The fourth-order valence-corrected chi connectivity index (χ4v) is 5.21. The van der Waals surface area contributed by atoms with Gasteiger partial charge in [-0.3, -0.25) is 4.79 Å². The third-order valence-corrected chi connectivity index (χ3v) is 6.51. The van der Waals surface area contributed by atoms with Crippen molar-refractivity contribution in [2.24, 2.45) is 11.1 Å². The second-order valence-corrected chi connectivity index (χ2v) is 8.53. The molecule has 0 aromatic heterocycles. The zero-order chi connectivity index (χ0) is 15.1. The van der Waals surface area contributed by atoms with E-state index in [2.05, 4.69) is 24.0 Å². The van der Waals surface area contributed by atoms with Crippen molar-refractivity contribution < 1.29 is 4.79 Å². The monoisotopic (exact) mass is 348 g/mol. The molecule has 2 saturated carbocycles. The first kappa shape index (κ1) is 20.1. The molecule has 130 valence electrons. The normalized spacial score (nSPS) is 27.7. The number of rotatable bonds is 6. The number of hydrogen-bond donors (Lipinski definition) is 2. The highest BCUT2D eigenvalue weighted by atomic mass is 35.5. The van der Waals surface area contributed by atoms with Crippen molar-refractivity contribution >= 4 is 30.1 Å². The van der Waals surface area contributed by atoms with Gasteiger partial charge < -0.3 is 11.1 Å². The summed E-state index contributed by atoms with van der Waals surface area (Å²) < 4.78 is 0. The van der Waals surface area contributed by atoms with E-state index >= 15 is 0 Å². The van der Waals surface area contributed by atoms with E-state index in [1.54, 1.807) is 0 Å². The number of thioether (sulfide) groups is 1. The molecule has 2 fully saturated rings. The number of halogens is 1. The average Bonchev–Trinajstić information content (AvgIpc) is 2.49. The van der Waals surface area contributed by atoms with Crippen LogP contribution >= 0.6 is 24.2 Å². The van der Waals surface area contributed by atoms with Crippen LogP contribution in [0.4, 0.5) is 0 Å². The predicted octanol–water partition coefficient (Wildman–Crippen LogP) is 3.89. The minimum Gasteiger partial charge on any atom is -0.353 e. The summed E-state index contributed by atoms with van der Waals surface area (Å²) in [4.78, 5) is 12.4. The highest BCUT2D eigenvalue weighted by molar-refractivity contribution is 7.99. The van der Waals surface area contributed by atoms with Gasteiger partial charge in [-0.15, -0.1) is 12.4 Å². The van der Waals surface area contributed by atoms with E-state index < -0.39 is 0 Å². The Hall–Kier alpha value is 0.0700. The van der Waals surface area contributed by atoms with Gasteiger partial charge in [-0.05, 0) is 49.8 Å². The van der Waals surface area contributed by atoms with E-state index in [0.717, 1.165) is 30.9 Å². The van der Waals surface area contributed by atoms with Gasteiger partial charge in [0.2, 0.25) is 5.91 Å². The molecule has 0 spiro atoms. The van der Waals surface area contributed by atoms with Crippen molar-refractivity contribution in [3.8, 4) is 0 Å². The molecule has 2 rings (SSSR count). The summed E-state index contributed by atoms with van der Waals surface area (Å²) in [6, 6.07) is 0.397. The lowest BCUT2D eigenvalue weighted by Gasteiger charge is -2.36. The van der Waals surface area contributed by atoms with Crippen LogP contribution in [-0.2, 0) is 4.79 Å². The molecule has 0 aliphatic heterocycles. The van der Waals surface area contributed by atoms with Gasteiger partial charge in [-0.1, -0.05) is 32.6 Å². The SMILES string of the molecule is CCSC1CCCC(NC(=O)CC2(CN)CCCCC2)C1.Cl. The molecule has 0 radical (unpaired) electrons. The average molecular weight is 349 g/mol. The van der Waals surface area contributed by atoms with Crippen LogP contribution in [0.15, 0.2) is 0 Å². The van der Waals surface area contributed by atoms with Gasteiger partial charge in [0, 0.05) is 17.7 Å². The molecule has 0 aromatic rings. The highest BCUT2D eigenvalue weighted by Crippen LogP contribution is 2.38. The smallest absolute Gasteiger partial charge is 0.220 e. The third-order valence-electron chi connectivity index (χ3n) is 5.28. The van der Waals surface area contributed by atoms with Gasteiger partial charge >= 0.3 is 0 Å². The van der Waals surface area contributed by atoms with Crippen molar-refractivity contribution in [3.63, 3.8) is 0 Å². The predicted molar refractivity (Wildman–Crippen MR) is 98.8 cm³/mol. The summed E-state index contributed by atoms with van der Waals surface area (Å²) in [5.74, 6) is 1.43. The Kier molecular flexibility index (Phi) is 9.18. The molecule has 1 amide bonds. The maximum absolute atomic E-state index is 12.4. The lowest BCUT2D eigenvalue weighted by molar-refractivity contribution is -0.124. The van der Waals surface area contributed by atoms with Crippen LogP contribution < -0.4 is 11.1 Å². The van der Waals surface area contributed by atoms with Gasteiger partial charge in [0.15, 0.2) is 0 Å². The van der Waals surface area contributed by atoms with Crippen LogP contribution in [0.2, 0.25) is 0 Å². The Morgan fingerprint density at radius 2 is 1.95 bits per heavy atom. The third kappa shape index (κ3) is 5.93. The van der Waals surface area contributed by atoms with E-state index in [9.17, 15) is 4.79 Å². The first-order valence-corrected chi connectivity index (χ1v) is 9.83.